The number of rotatable bonds is 3. The van der Waals surface area contributed by atoms with Crippen molar-refractivity contribution >= 4 is 0 Å². The van der Waals surface area contributed by atoms with E-state index < -0.39 is 0 Å². The predicted octanol–water partition coefficient (Wildman–Crippen LogP) is 1.92. The van der Waals surface area contributed by atoms with Crippen molar-refractivity contribution in [1.29, 1.82) is 0 Å². The first kappa shape index (κ1) is 8.21. The lowest BCUT2D eigenvalue weighted by Gasteiger charge is -2.07. The van der Waals surface area contributed by atoms with Crippen molar-refractivity contribution in [2.24, 2.45) is 0 Å². The van der Waals surface area contributed by atoms with Crippen LogP contribution in [0.25, 0.3) is 0 Å². The Morgan fingerprint density at radius 1 is 1.45 bits per heavy atom. The van der Waals surface area contributed by atoms with E-state index in [1.54, 1.807) is 12.4 Å². The van der Waals surface area contributed by atoms with Gasteiger partial charge in [0.1, 0.15) is 0 Å². The molecule has 0 spiro atoms. The van der Waals surface area contributed by atoms with Gasteiger partial charge in [-0.3, -0.25) is 4.98 Å². The molecule has 0 aliphatic rings. The number of hydrogen-bond donors (Lipinski definition) is 1. The third kappa shape index (κ3) is 2.31. The molecule has 2 heteroatoms. The number of aromatic nitrogens is 1. The van der Waals surface area contributed by atoms with Crippen LogP contribution in [0.3, 0.4) is 0 Å². The Morgan fingerprint density at radius 3 is 2.64 bits per heavy atom. The summed E-state index contributed by atoms with van der Waals surface area (Å²) in [7, 11) is 0. The molecular formula is C9H13NO. The highest BCUT2D eigenvalue weighted by atomic mass is 16.3. The fourth-order valence-corrected chi connectivity index (χ4v) is 1.03. The van der Waals surface area contributed by atoms with E-state index in [-0.39, 0.29) is 6.10 Å². The van der Waals surface area contributed by atoms with Crippen LogP contribution in [-0.2, 0) is 0 Å². The van der Waals surface area contributed by atoms with Crippen LogP contribution >= 0.6 is 0 Å². The second kappa shape index (κ2) is 4.09. The SMILES string of the molecule is CCCC(O)c1ccncc1. The Bertz CT molecular complexity index is 198. The van der Waals surface area contributed by atoms with E-state index in [0.717, 1.165) is 18.4 Å². The third-order valence-corrected chi connectivity index (χ3v) is 1.65. The number of aliphatic hydroxyl groups is 1. The average Bonchev–Trinajstić information content (AvgIpc) is 2.07. The van der Waals surface area contributed by atoms with E-state index in [2.05, 4.69) is 11.9 Å². The zero-order valence-corrected chi connectivity index (χ0v) is 6.70. The number of nitrogens with zero attached hydrogens (tertiary/aromatic N) is 1. The molecule has 1 unspecified atom stereocenters. The van der Waals surface area contributed by atoms with Crippen LogP contribution in [0.1, 0.15) is 31.4 Å². The van der Waals surface area contributed by atoms with Crippen LogP contribution in [-0.4, -0.2) is 10.1 Å². The molecule has 0 fully saturated rings. The summed E-state index contributed by atoms with van der Waals surface area (Å²) in [6, 6.07) is 3.70. The molecule has 0 bridgehead atoms. The first-order valence-corrected chi connectivity index (χ1v) is 3.92. The molecule has 0 aliphatic carbocycles. The van der Waals surface area contributed by atoms with Gasteiger partial charge < -0.3 is 5.11 Å². The van der Waals surface area contributed by atoms with Gasteiger partial charge in [0.15, 0.2) is 0 Å². The first-order chi connectivity index (χ1) is 5.34. The van der Waals surface area contributed by atoms with Crippen LogP contribution in [0.2, 0.25) is 0 Å². The maximum Gasteiger partial charge on any atom is 0.0791 e. The van der Waals surface area contributed by atoms with Crippen molar-refractivity contribution in [2.45, 2.75) is 25.9 Å². The number of hydrogen-bond acceptors (Lipinski definition) is 2. The van der Waals surface area contributed by atoms with Crippen molar-refractivity contribution in [3.8, 4) is 0 Å². The van der Waals surface area contributed by atoms with Gasteiger partial charge in [0.05, 0.1) is 6.10 Å². The van der Waals surface area contributed by atoms with E-state index in [1.807, 2.05) is 12.1 Å². The molecule has 60 valence electrons. The topological polar surface area (TPSA) is 33.1 Å². The van der Waals surface area contributed by atoms with Crippen LogP contribution in [0.4, 0.5) is 0 Å². The highest BCUT2D eigenvalue weighted by molar-refractivity contribution is 5.12. The molecule has 0 aromatic carbocycles. The fourth-order valence-electron chi connectivity index (χ4n) is 1.03. The molecule has 0 amide bonds. The zero-order chi connectivity index (χ0) is 8.10. The van der Waals surface area contributed by atoms with Crippen LogP contribution in [0.5, 0.6) is 0 Å². The molecule has 1 heterocycles. The van der Waals surface area contributed by atoms with E-state index in [9.17, 15) is 5.11 Å². The second-order valence-corrected chi connectivity index (χ2v) is 2.59. The molecule has 1 rings (SSSR count). The summed E-state index contributed by atoms with van der Waals surface area (Å²) in [5.41, 5.74) is 0.960. The molecular weight excluding hydrogens is 138 g/mol. The smallest absolute Gasteiger partial charge is 0.0791 e. The van der Waals surface area contributed by atoms with E-state index in [0.29, 0.717) is 0 Å². The maximum atomic E-state index is 9.49. The Labute approximate surface area is 66.9 Å². The summed E-state index contributed by atoms with van der Waals surface area (Å²) >= 11 is 0. The van der Waals surface area contributed by atoms with Crippen LogP contribution in [0.15, 0.2) is 24.5 Å². The maximum absolute atomic E-state index is 9.49. The summed E-state index contributed by atoms with van der Waals surface area (Å²) in [5, 5.41) is 9.49. The summed E-state index contributed by atoms with van der Waals surface area (Å²) < 4.78 is 0. The quantitative estimate of drug-likeness (QED) is 0.715. The number of aliphatic hydroxyl groups excluding tert-OH is 1. The minimum atomic E-state index is -0.317. The van der Waals surface area contributed by atoms with Gasteiger partial charge in [-0.05, 0) is 24.1 Å². The summed E-state index contributed by atoms with van der Waals surface area (Å²) in [6.07, 6.45) is 4.92. The van der Waals surface area contributed by atoms with Gasteiger partial charge in [-0.15, -0.1) is 0 Å². The summed E-state index contributed by atoms with van der Waals surface area (Å²) in [6.45, 7) is 2.06. The van der Waals surface area contributed by atoms with E-state index >= 15 is 0 Å². The van der Waals surface area contributed by atoms with E-state index in [4.69, 9.17) is 0 Å². The monoisotopic (exact) mass is 151 g/mol. The first-order valence-electron chi connectivity index (χ1n) is 3.92. The predicted molar refractivity (Wildman–Crippen MR) is 44.1 cm³/mol. The fraction of sp³-hybridized carbons (Fsp3) is 0.444. The van der Waals surface area contributed by atoms with Crippen LogP contribution < -0.4 is 0 Å². The molecule has 1 aromatic rings. The lowest BCUT2D eigenvalue weighted by molar-refractivity contribution is 0.166. The lowest BCUT2D eigenvalue weighted by atomic mass is 10.1. The third-order valence-electron chi connectivity index (χ3n) is 1.65. The molecule has 2 nitrogen and oxygen atoms in total. The van der Waals surface area contributed by atoms with E-state index in [1.165, 1.54) is 0 Å². The molecule has 0 radical (unpaired) electrons. The minimum absolute atomic E-state index is 0.317. The Hall–Kier alpha value is -0.890. The van der Waals surface area contributed by atoms with Crippen molar-refractivity contribution in [3.63, 3.8) is 0 Å². The van der Waals surface area contributed by atoms with Gasteiger partial charge in [0, 0.05) is 12.4 Å². The van der Waals surface area contributed by atoms with Crippen molar-refractivity contribution in [3.05, 3.63) is 30.1 Å². The van der Waals surface area contributed by atoms with Crippen LogP contribution in [0, 0.1) is 0 Å². The van der Waals surface area contributed by atoms with Crippen molar-refractivity contribution < 1.29 is 5.11 Å². The van der Waals surface area contributed by atoms with Gasteiger partial charge in [-0.25, -0.2) is 0 Å². The van der Waals surface area contributed by atoms with Gasteiger partial charge in [-0.1, -0.05) is 13.3 Å². The lowest BCUT2D eigenvalue weighted by Crippen LogP contribution is -1.95. The van der Waals surface area contributed by atoms with Gasteiger partial charge in [0.2, 0.25) is 0 Å². The Morgan fingerprint density at radius 2 is 2.09 bits per heavy atom. The van der Waals surface area contributed by atoms with Gasteiger partial charge in [0.25, 0.3) is 0 Å². The molecule has 1 atom stereocenters. The molecule has 1 aromatic heterocycles. The zero-order valence-electron chi connectivity index (χ0n) is 6.70. The Kier molecular flexibility index (Phi) is 3.05. The molecule has 11 heavy (non-hydrogen) atoms. The molecule has 0 saturated carbocycles. The standard InChI is InChI=1S/C9H13NO/c1-2-3-9(11)8-4-6-10-7-5-8/h4-7,9,11H,2-3H2,1H3. The number of pyridine rings is 1. The van der Waals surface area contributed by atoms with Crippen molar-refractivity contribution in [1.82, 2.24) is 4.98 Å². The molecule has 1 N–H and O–H groups in total. The average molecular weight is 151 g/mol. The Balaban J connectivity index is 2.61. The molecule has 0 aliphatic heterocycles. The second-order valence-electron chi connectivity index (χ2n) is 2.59. The highest BCUT2D eigenvalue weighted by Gasteiger charge is 2.03. The summed E-state index contributed by atoms with van der Waals surface area (Å²) in [5.74, 6) is 0. The van der Waals surface area contributed by atoms with Crippen molar-refractivity contribution in [2.75, 3.05) is 0 Å². The minimum Gasteiger partial charge on any atom is -0.388 e. The summed E-state index contributed by atoms with van der Waals surface area (Å²) in [4.78, 5) is 3.88. The highest BCUT2D eigenvalue weighted by Crippen LogP contribution is 2.15. The largest absolute Gasteiger partial charge is 0.388 e. The normalized spacial score (nSPS) is 12.9. The van der Waals surface area contributed by atoms with Gasteiger partial charge >= 0.3 is 0 Å². The van der Waals surface area contributed by atoms with Gasteiger partial charge in [-0.2, -0.15) is 0 Å². The molecule has 0 saturated heterocycles.